The quantitative estimate of drug-likeness (QED) is 0.208. The highest BCUT2D eigenvalue weighted by Crippen LogP contribution is 2.54. The van der Waals surface area contributed by atoms with Crippen molar-refractivity contribution in [2.24, 2.45) is 0 Å². The van der Waals surface area contributed by atoms with E-state index in [1.165, 1.54) is 43.1 Å². The van der Waals surface area contributed by atoms with Gasteiger partial charge >= 0.3 is 0 Å². The molecule has 1 heterocycles. The second-order valence-electron chi connectivity index (χ2n) is 12.0. The van der Waals surface area contributed by atoms with Crippen LogP contribution in [0.5, 0.6) is 0 Å². The maximum Gasteiger partial charge on any atom is 0.111 e. The Morgan fingerprint density at radius 2 is 0.723 bits per heavy atom. The molecule has 9 rings (SSSR count). The molecule has 0 saturated carbocycles. The number of nitrogens with two attached hydrogens (primary N) is 1. The van der Waals surface area contributed by atoms with E-state index in [1.807, 2.05) is 0 Å². The number of nitrogens with zero attached hydrogens (tertiary/aromatic N) is 1. The molecule has 9 aromatic rings. The first-order chi connectivity index (χ1) is 23.2. The first-order valence-corrected chi connectivity index (χ1v) is 16.7. The largest absolute Gasteiger partial charge is 0.390 e. The molecule has 2 N–H and O–H groups in total. The average molecular weight is 619 g/mol. The summed E-state index contributed by atoms with van der Waals surface area (Å²) < 4.78 is 0. The van der Waals surface area contributed by atoms with Crippen molar-refractivity contribution in [3.63, 3.8) is 0 Å². The van der Waals surface area contributed by atoms with Crippen LogP contribution in [-0.4, -0.2) is 0 Å². The van der Waals surface area contributed by atoms with Gasteiger partial charge in [-0.05, 0) is 90.6 Å². The standard InChI is InChI=1S/C44H30N2S/c45-43-41(37-19-17-29-9-1-5-13-33(29)25-37)42(38-20-18-30-10-2-6-14-34(30)26-38)44(47-43)46(39-23-21-31-11-3-7-15-35(31)27-39)40-24-22-32-12-4-8-16-36(32)28-40/h1-28H,45H2. The first-order valence-electron chi connectivity index (χ1n) is 15.9. The number of fused-ring (bicyclic) bond motifs is 4. The Morgan fingerprint density at radius 1 is 0.362 bits per heavy atom. The van der Waals surface area contributed by atoms with Crippen LogP contribution in [0.4, 0.5) is 21.4 Å². The Hall–Kier alpha value is -5.90. The van der Waals surface area contributed by atoms with E-state index < -0.39 is 0 Å². The Labute approximate surface area is 277 Å². The topological polar surface area (TPSA) is 29.3 Å². The highest BCUT2D eigenvalue weighted by atomic mass is 32.1. The summed E-state index contributed by atoms with van der Waals surface area (Å²) in [4.78, 5) is 2.40. The van der Waals surface area contributed by atoms with Gasteiger partial charge in [-0.3, -0.25) is 0 Å². The van der Waals surface area contributed by atoms with Crippen molar-refractivity contribution in [2.75, 3.05) is 10.6 Å². The molecule has 8 aromatic carbocycles. The van der Waals surface area contributed by atoms with E-state index in [9.17, 15) is 0 Å². The first kappa shape index (κ1) is 27.4. The summed E-state index contributed by atoms with van der Waals surface area (Å²) >= 11 is 1.65. The molecule has 0 fully saturated rings. The molecular weight excluding hydrogens is 589 g/mol. The van der Waals surface area contributed by atoms with Crippen LogP contribution < -0.4 is 10.6 Å². The van der Waals surface area contributed by atoms with Crippen molar-refractivity contribution in [3.05, 3.63) is 170 Å². The lowest BCUT2D eigenvalue weighted by atomic mass is 9.94. The van der Waals surface area contributed by atoms with E-state index in [4.69, 9.17) is 5.73 Å². The van der Waals surface area contributed by atoms with Gasteiger partial charge in [0.2, 0.25) is 0 Å². The third-order valence-electron chi connectivity index (χ3n) is 9.18. The van der Waals surface area contributed by atoms with E-state index in [2.05, 4.69) is 175 Å². The number of nitrogen functional groups attached to an aromatic ring is 1. The molecule has 47 heavy (non-hydrogen) atoms. The van der Waals surface area contributed by atoms with Gasteiger partial charge in [0, 0.05) is 22.5 Å². The minimum atomic E-state index is 0.796. The van der Waals surface area contributed by atoms with Gasteiger partial charge in [0.25, 0.3) is 0 Å². The molecule has 0 amide bonds. The fraction of sp³-hybridized carbons (Fsp3) is 0. The van der Waals surface area contributed by atoms with Gasteiger partial charge in [0.15, 0.2) is 0 Å². The van der Waals surface area contributed by atoms with Gasteiger partial charge < -0.3 is 10.6 Å². The van der Waals surface area contributed by atoms with Crippen molar-refractivity contribution in [3.8, 4) is 22.3 Å². The van der Waals surface area contributed by atoms with Crippen LogP contribution in [0.2, 0.25) is 0 Å². The predicted molar refractivity (Wildman–Crippen MR) is 204 cm³/mol. The van der Waals surface area contributed by atoms with Crippen molar-refractivity contribution in [1.82, 2.24) is 0 Å². The van der Waals surface area contributed by atoms with Gasteiger partial charge in [-0.15, -0.1) is 0 Å². The fourth-order valence-electron chi connectivity index (χ4n) is 6.85. The summed E-state index contributed by atoms with van der Waals surface area (Å²) in [6, 6.07) is 61.1. The molecule has 0 aliphatic rings. The molecule has 0 unspecified atom stereocenters. The van der Waals surface area contributed by atoms with Crippen LogP contribution in [-0.2, 0) is 0 Å². The van der Waals surface area contributed by atoms with Crippen LogP contribution in [0.25, 0.3) is 65.3 Å². The Kier molecular flexibility index (Phi) is 6.51. The third-order valence-corrected chi connectivity index (χ3v) is 10.2. The maximum atomic E-state index is 7.14. The highest BCUT2D eigenvalue weighted by molar-refractivity contribution is 7.21. The number of hydrogen-bond donors (Lipinski definition) is 1. The van der Waals surface area contributed by atoms with Crippen molar-refractivity contribution in [1.29, 1.82) is 0 Å². The third kappa shape index (κ3) is 4.80. The summed E-state index contributed by atoms with van der Waals surface area (Å²) in [5.74, 6) is 0. The SMILES string of the molecule is Nc1sc(N(c2ccc3ccccc3c2)c2ccc3ccccc3c2)c(-c2ccc3ccccc3c2)c1-c1ccc2ccccc2c1. The lowest BCUT2D eigenvalue weighted by Gasteiger charge is -2.26. The predicted octanol–water partition coefficient (Wildman–Crippen LogP) is 12.7. The van der Waals surface area contributed by atoms with Crippen LogP contribution in [0.3, 0.4) is 0 Å². The van der Waals surface area contributed by atoms with E-state index in [-0.39, 0.29) is 0 Å². The molecule has 0 aliphatic carbocycles. The number of anilines is 4. The number of rotatable bonds is 5. The molecule has 0 spiro atoms. The summed E-state index contributed by atoms with van der Waals surface area (Å²) in [7, 11) is 0. The molecule has 0 atom stereocenters. The smallest absolute Gasteiger partial charge is 0.111 e. The molecule has 0 bridgehead atoms. The molecule has 222 valence electrons. The van der Waals surface area contributed by atoms with Crippen molar-refractivity contribution in [2.45, 2.75) is 0 Å². The zero-order chi connectivity index (χ0) is 31.3. The lowest BCUT2D eigenvalue weighted by molar-refractivity contribution is 1.33. The van der Waals surface area contributed by atoms with Gasteiger partial charge in [-0.25, -0.2) is 0 Å². The second-order valence-corrected chi connectivity index (χ2v) is 13.1. The zero-order valence-electron chi connectivity index (χ0n) is 25.6. The number of benzene rings is 8. The summed E-state index contributed by atoms with van der Waals surface area (Å²) in [6.07, 6.45) is 0. The Morgan fingerprint density at radius 3 is 1.17 bits per heavy atom. The Bertz CT molecular complexity index is 2540. The monoisotopic (exact) mass is 618 g/mol. The van der Waals surface area contributed by atoms with Gasteiger partial charge in [0.1, 0.15) is 5.00 Å². The highest BCUT2D eigenvalue weighted by Gasteiger charge is 2.26. The molecule has 3 heteroatoms. The number of hydrogen-bond acceptors (Lipinski definition) is 3. The minimum absolute atomic E-state index is 0.796. The van der Waals surface area contributed by atoms with E-state index >= 15 is 0 Å². The van der Waals surface area contributed by atoms with E-state index in [0.29, 0.717) is 0 Å². The fourth-order valence-corrected chi connectivity index (χ4v) is 8.01. The molecule has 0 radical (unpaired) electrons. The van der Waals surface area contributed by atoms with Crippen LogP contribution in [0.1, 0.15) is 0 Å². The summed E-state index contributed by atoms with van der Waals surface area (Å²) in [5, 5.41) is 11.5. The maximum absolute atomic E-state index is 7.14. The van der Waals surface area contributed by atoms with E-state index in [1.54, 1.807) is 11.3 Å². The molecular formula is C44H30N2S. The average Bonchev–Trinajstić information content (AvgIpc) is 3.47. The van der Waals surface area contributed by atoms with Crippen molar-refractivity contribution < 1.29 is 0 Å². The molecule has 1 aromatic heterocycles. The van der Waals surface area contributed by atoms with Crippen molar-refractivity contribution >= 4 is 75.8 Å². The van der Waals surface area contributed by atoms with Crippen LogP contribution in [0.15, 0.2) is 170 Å². The van der Waals surface area contributed by atoms with E-state index in [0.717, 1.165) is 43.6 Å². The summed E-state index contributed by atoms with van der Waals surface area (Å²) in [5.41, 5.74) is 13.8. The Balaban J connectivity index is 1.36. The second kappa shape index (κ2) is 11.2. The van der Waals surface area contributed by atoms with Crippen LogP contribution in [0, 0.1) is 0 Å². The minimum Gasteiger partial charge on any atom is -0.390 e. The zero-order valence-corrected chi connectivity index (χ0v) is 26.4. The van der Waals surface area contributed by atoms with Gasteiger partial charge in [0.05, 0.1) is 5.00 Å². The number of thiophene rings is 1. The molecule has 0 saturated heterocycles. The van der Waals surface area contributed by atoms with Crippen LogP contribution >= 0.6 is 11.3 Å². The summed E-state index contributed by atoms with van der Waals surface area (Å²) in [6.45, 7) is 0. The normalized spacial score (nSPS) is 11.5. The lowest BCUT2D eigenvalue weighted by Crippen LogP contribution is -2.09. The van der Waals surface area contributed by atoms with Gasteiger partial charge in [-0.1, -0.05) is 145 Å². The molecule has 2 nitrogen and oxygen atoms in total. The molecule has 0 aliphatic heterocycles. The van der Waals surface area contributed by atoms with Gasteiger partial charge in [-0.2, -0.15) is 0 Å².